The molecule has 2 rings (SSSR count). The Labute approximate surface area is 93.7 Å². The average Bonchev–Trinajstić information content (AvgIpc) is 2.48. The van der Waals surface area contributed by atoms with Gasteiger partial charge in [-0.1, -0.05) is 13.0 Å². The van der Waals surface area contributed by atoms with Gasteiger partial charge in [-0.05, 0) is 38.6 Å². The van der Waals surface area contributed by atoms with Gasteiger partial charge < -0.3 is 5.32 Å². The number of hydrogen-bond donors (Lipinski definition) is 1. The molecule has 0 amide bonds. The summed E-state index contributed by atoms with van der Waals surface area (Å²) in [4.78, 5) is 2.73. The van der Waals surface area contributed by atoms with Gasteiger partial charge in [0.2, 0.25) is 0 Å². The van der Waals surface area contributed by atoms with Crippen molar-refractivity contribution in [1.29, 1.82) is 0 Å². The van der Waals surface area contributed by atoms with Gasteiger partial charge in [-0.2, -0.15) is 0 Å². The lowest BCUT2D eigenvalue weighted by Crippen LogP contribution is -2.49. The van der Waals surface area contributed by atoms with Gasteiger partial charge >= 0.3 is 0 Å². The molecule has 0 radical (unpaired) electrons. The summed E-state index contributed by atoms with van der Waals surface area (Å²) in [5.74, 6) is 0. The van der Waals surface area contributed by atoms with E-state index in [0.717, 1.165) is 31.1 Å². The summed E-state index contributed by atoms with van der Waals surface area (Å²) in [5, 5.41) is 3.62. The fourth-order valence-electron chi connectivity index (χ4n) is 3.33. The molecule has 0 aromatic rings. The van der Waals surface area contributed by atoms with Crippen molar-refractivity contribution in [2.45, 2.75) is 57.2 Å². The molecule has 2 nitrogen and oxygen atoms in total. The predicted molar refractivity (Wildman–Crippen MR) is 65.0 cm³/mol. The van der Waals surface area contributed by atoms with Gasteiger partial charge in [-0.3, -0.25) is 4.90 Å². The molecular formula is C13H24N2. The molecule has 15 heavy (non-hydrogen) atoms. The van der Waals surface area contributed by atoms with Crippen LogP contribution in [0.15, 0.2) is 12.7 Å². The summed E-state index contributed by atoms with van der Waals surface area (Å²) in [6, 6.07) is 2.49. The molecule has 2 bridgehead atoms. The average molecular weight is 208 g/mol. The fraction of sp³-hybridized carbons (Fsp3) is 0.846. The van der Waals surface area contributed by atoms with Gasteiger partial charge in [-0.15, -0.1) is 6.58 Å². The van der Waals surface area contributed by atoms with E-state index in [9.17, 15) is 0 Å². The number of rotatable bonds is 5. The fourth-order valence-corrected chi connectivity index (χ4v) is 3.33. The Hall–Kier alpha value is -0.340. The van der Waals surface area contributed by atoms with E-state index in [0.29, 0.717) is 0 Å². The largest absolute Gasteiger partial charge is 0.314 e. The highest BCUT2D eigenvalue weighted by molar-refractivity contribution is 4.97. The molecule has 1 N–H and O–H groups in total. The first-order valence-corrected chi connectivity index (χ1v) is 6.45. The van der Waals surface area contributed by atoms with Crippen molar-refractivity contribution >= 4 is 0 Å². The first kappa shape index (κ1) is 11.2. The Kier molecular flexibility index (Phi) is 3.81. The Morgan fingerprint density at radius 3 is 2.53 bits per heavy atom. The molecule has 2 aliphatic heterocycles. The summed E-state index contributed by atoms with van der Waals surface area (Å²) >= 11 is 0. The summed E-state index contributed by atoms with van der Waals surface area (Å²) in [7, 11) is 0. The number of piperidine rings is 1. The first-order valence-electron chi connectivity index (χ1n) is 6.45. The molecule has 0 aromatic heterocycles. The van der Waals surface area contributed by atoms with E-state index in [-0.39, 0.29) is 0 Å². The van der Waals surface area contributed by atoms with E-state index >= 15 is 0 Å². The van der Waals surface area contributed by atoms with E-state index in [4.69, 9.17) is 0 Å². The van der Waals surface area contributed by atoms with Crippen molar-refractivity contribution in [3.8, 4) is 0 Å². The maximum atomic E-state index is 3.82. The first-order chi connectivity index (χ1) is 7.35. The topological polar surface area (TPSA) is 15.3 Å². The molecule has 2 unspecified atom stereocenters. The molecule has 2 heterocycles. The van der Waals surface area contributed by atoms with Gasteiger partial charge in [0.15, 0.2) is 0 Å². The zero-order valence-electron chi connectivity index (χ0n) is 9.91. The Morgan fingerprint density at radius 1 is 1.33 bits per heavy atom. The van der Waals surface area contributed by atoms with Crippen molar-refractivity contribution in [2.24, 2.45) is 0 Å². The van der Waals surface area contributed by atoms with Crippen molar-refractivity contribution in [2.75, 3.05) is 13.1 Å². The third-order valence-electron chi connectivity index (χ3n) is 3.97. The van der Waals surface area contributed by atoms with Crippen LogP contribution in [0.3, 0.4) is 0 Å². The van der Waals surface area contributed by atoms with Crippen LogP contribution in [-0.4, -0.2) is 36.1 Å². The summed E-state index contributed by atoms with van der Waals surface area (Å²) in [6.07, 6.45) is 8.77. The maximum Gasteiger partial charge on any atom is 0.0114 e. The van der Waals surface area contributed by atoms with Crippen LogP contribution in [0.1, 0.15) is 39.0 Å². The van der Waals surface area contributed by atoms with Crippen LogP contribution in [0.25, 0.3) is 0 Å². The Balaban J connectivity index is 1.88. The molecule has 2 fully saturated rings. The van der Waals surface area contributed by atoms with Crippen LogP contribution >= 0.6 is 0 Å². The molecule has 0 aromatic carbocycles. The Morgan fingerprint density at radius 2 is 2.00 bits per heavy atom. The second-order valence-electron chi connectivity index (χ2n) is 4.93. The highest BCUT2D eigenvalue weighted by Gasteiger charge is 2.39. The Bertz CT molecular complexity index is 201. The SMILES string of the molecule is C=CCCN1C2CCC1CC(NCC)C2. The maximum absolute atomic E-state index is 3.82. The standard InChI is InChI=1S/C13H24N2/c1-3-5-8-15-12-6-7-13(15)10-11(9-12)14-4-2/h3,11-14H,1,4-10H2,2H3. The smallest absolute Gasteiger partial charge is 0.0114 e. The third-order valence-corrected chi connectivity index (χ3v) is 3.97. The van der Waals surface area contributed by atoms with Gasteiger partial charge in [0.25, 0.3) is 0 Å². The van der Waals surface area contributed by atoms with Crippen molar-refractivity contribution in [1.82, 2.24) is 10.2 Å². The molecule has 86 valence electrons. The summed E-state index contributed by atoms with van der Waals surface area (Å²) < 4.78 is 0. The van der Waals surface area contributed by atoms with E-state index in [2.05, 4.69) is 29.8 Å². The van der Waals surface area contributed by atoms with Gasteiger partial charge in [-0.25, -0.2) is 0 Å². The lowest BCUT2D eigenvalue weighted by molar-refractivity contribution is 0.120. The van der Waals surface area contributed by atoms with E-state index < -0.39 is 0 Å². The number of nitrogens with zero attached hydrogens (tertiary/aromatic N) is 1. The van der Waals surface area contributed by atoms with E-state index in [1.807, 2.05) is 0 Å². The minimum Gasteiger partial charge on any atom is -0.314 e. The van der Waals surface area contributed by atoms with Crippen LogP contribution in [-0.2, 0) is 0 Å². The summed E-state index contributed by atoms with van der Waals surface area (Å²) in [6.45, 7) is 8.39. The van der Waals surface area contributed by atoms with Crippen LogP contribution in [0.5, 0.6) is 0 Å². The zero-order valence-corrected chi connectivity index (χ0v) is 9.91. The molecule has 0 saturated carbocycles. The second-order valence-corrected chi connectivity index (χ2v) is 4.93. The molecule has 2 atom stereocenters. The normalized spacial score (nSPS) is 35.7. The minimum atomic E-state index is 0.785. The quantitative estimate of drug-likeness (QED) is 0.697. The highest BCUT2D eigenvalue weighted by atomic mass is 15.2. The number of nitrogens with one attached hydrogen (secondary N) is 1. The molecule has 2 saturated heterocycles. The predicted octanol–water partition coefficient (Wildman–Crippen LogP) is 2.17. The van der Waals surface area contributed by atoms with Crippen LogP contribution < -0.4 is 5.32 Å². The highest BCUT2D eigenvalue weighted by Crippen LogP contribution is 2.35. The second kappa shape index (κ2) is 5.13. The third kappa shape index (κ3) is 2.43. The van der Waals surface area contributed by atoms with E-state index in [1.165, 1.54) is 32.2 Å². The van der Waals surface area contributed by atoms with Crippen LogP contribution in [0.4, 0.5) is 0 Å². The zero-order chi connectivity index (χ0) is 10.7. The van der Waals surface area contributed by atoms with E-state index in [1.54, 1.807) is 0 Å². The number of hydrogen-bond acceptors (Lipinski definition) is 2. The lowest BCUT2D eigenvalue weighted by atomic mass is 9.97. The van der Waals surface area contributed by atoms with Gasteiger partial charge in [0.1, 0.15) is 0 Å². The van der Waals surface area contributed by atoms with Gasteiger partial charge in [0.05, 0.1) is 0 Å². The van der Waals surface area contributed by atoms with Crippen molar-refractivity contribution in [3.05, 3.63) is 12.7 Å². The minimum absolute atomic E-state index is 0.785. The summed E-state index contributed by atoms with van der Waals surface area (Å²) in [5.41, 5.74) is 0. The number of fused-ring (bicyclic) bond motifs is 2. The van der Waals surface area contributed by atoms with Crippen molar-refractivity contribution < 1.29 is 0 Å². The monoisotopic (exact) mass is 208 g/mol. The van der Waals surface area contributed by atoms with Crippen LogP contribution in [0, 0.1) is 0 Å². The van der Waals surface area contributed by atoms with Crippen LogP contribution in [0.2, 0.25) is 0 Å². The molecule has 0 spiro atoms. The molecule has 2 heteroatoms. The molecule has 0 aliphatic carbocycles. The lowest BCUT2D eigenvalue weighted by Gasteiger charge is -2.39. The molecule has 2 aliphatic rings. The van der Waals surface area contributed by atoms with Crippen molar-refractivity contribution in [3.63, 3.8) is 0 Å². The molecular weight excluding hydrogens is 184 g/mol. The van der Waals surface area contributed by atoms with Gasteiger partial charge in [0, 0.05) is 24.7 Å².